The van der Waals surface area contributed by atoms with Gasteiger partial charge in [-0.15, -0.1) is 11.3 Å². The van der Waals surface area contributed by atoms with Gasteiger partial charge < -0.3 is 10.6 Å². The molecule has 1 atom stereocenters. The number of nitriles is 2. The number of hydrogen-bond acceptors (Lipinski definition) is 8. The lowest BCUT2D eigenvalue weighted by Crippen LogP contribution is -2.38. The maximum absolute atomic E-state index is 13.2. The Morgan fingerprint density at radius 1 is 1.12 bits per heavy atom. The van der Waals surface area contributed by atoms with E-state index in [-0.39, 0.29) is 5.78 Å². The van der Waals surface area contributed by atoms with Gasteiger partial charge in [0.1, 0.15) is 16.9 Å². The summed E-state index contributed by atoms with van der Waals surface area (Å²) in [6, 6.07) is 8.69. The molecule has 160 valence electrons. The van der Waals surface area contributed by atoms with Gasteiger partial charge in [-0.25, -0.2) is 0 Å². The van der Waals surface area contributed by atoms with E-state index in [9.17, 15) is 15.3 Å². The van der Waals surface area contributed by atoms with Crippen molar-refractivity contribution in [2.24, 2.45) is 5.73 Å². The number of nitrogens with zero attached hydrogens (tertiary/aromatic N) is 4. The van der Waals surface area contributed by atoms with Crippen LogP contribution in [0, 0.1) is 22.7 Å². The molecule has 0 spiro atoms. The molecule has 8 heteroatoms. The first-order valence-corrected chi connectivity index (χ1v) is 12.6. The molecular weight excluding hydrogens is 438 g/mol. The number of ketones is 1. The molecule has 2 aromatic heterocycles. The number of Topliss-reactive ketones (excluding diaryl/α,β-unsaturated/α-hetero) is 1. The van der Waals surface area contributed by atoms with Crippen molar-refractivity contribution in [3.8, 4) is 12.1 Å². The summed E-state index contributed by atoms with van der Waals surface area (Å²) in [5.74, 6) is 0.426. The number of fused-ring (bicyclic) bond motifs is 2. The Hall–Kier alpha value is -3.07. The number of carbonyl (C=O) groups excluding carboxylic acids is 1. The Labute approximate surface area is 194 Å². The highest BCUT2D eigenvalue weighted by molar-refractivity contribution is 7.20. The summed E-state index contributed by atoms with van der Waals surface area (Å²) < 4.78 is 0. The molecule has 7 rings (SSSR count). The molecule has 1 saturated heterocycles. The van der Waals surface area contributed by atoms with E-state index in [0.717, 1.165) is 58.5 Å². The smallest absolute Gasteiger partial charge is 0.161 e. The number of piperidine rings is 1. The first-order chi connectivity index (χ1) is 15.6. The van der Waals surface area contributed by atoms with E-state index < -0.39 is 5.92 Å². The van der Waals surface area contributed by atoms with Crippen LogP contribution in [0.4, 0.5) is 10.0 Å². The van der Waals surface area contributed by atoms with E-state index in [2.05, 4.69) is 17.0 Å². The SMILES string of the molecule is N#CC1=C(N)N(c2sc3c(c2C#N)C2CCN3CC2)C2=C(C(=O)CCC2)C1c1cccs1. The van der Waals surface area contributed by atoms with Crippen LogP contribution in [0.25, 0.3) is 0 Å². The first kappa shape index (κ1) is 19.6. The second-order valence-corrected chi connectivity index (χ2v) is 10.7. The number of nitrogens with two attached hydrogens (primary N) is 1. The van der Waals surface area contributed by atoms with Gasteiger partial charge in [-0.3, -0.25) is 9.69 Å². The van der Waals surface area contributed by atoms with Gasteiger partial charge in [0.15, 0.2) is 5.78 Å². The number of carbonyl (C=O) groups is 1. The van der Waals surface area contributed by atoms with Crippen molar-refractivity contribution in [3.63, 3.8) is 0 Å². The van der Waals surface area contributed by atoms with E-state index in [1.807, 2.05) is 22.4 Å². The highest BCUT2D eigenvalue weighted by Gasteiger charge is 2.44. The molecule has 0 amide bonds. The molecule has 6 nitrogen and oxygen atoms in total. The molecule has 6 heterocycles. The maximum atomic E-state index is 13.2. The van der Waals surface area contributed by atoms with Crippen LogP contribution in [0.5, 0.6) is 0 Å². The standard InChI is InChI=1S/C24H21N5OS2/c25-11-14-20(18-5-2-10-31-18)21-16(3-1-4-17(21)30)29(22(14)27)23-15(12-26)19-13-6-8-28(9-7-13)24(19)32-23/h2,5,10,13,20H,1,3-4,6-9,27H2. The quantitative estimate of drug-likeness (QED) is 0.700. The van der Waals surface area contributed by atoms with Crippen molar-refractivity contribution in [1.82, 2.24) is 0 Å². The maximum Gasteiger partial charge on any atom is 0.161 e. The van der Waals surface area contributed by atoms with Crippen LogP contribution in [0.2, 0.25) is 0 Å². The minimum atomic E-state index is -0.417. The third-order valence-electron chi connectivity index (χ3n) is 7.15. The fourth-order valence-corrected chi connectivity index (χ4v) is 8.00. The Morgan fingerprint density at radius 2 is 1.94 bits per heavy atom. The number of allylic oxidation sites excluding steroid dienone is 3. The van der Waals surface area contributed by atoms with Crippen molar-refractivity contribution >= 4 is 38.5 Å². The van der Waals surface area contributed by atoms with E-state index in [0.29, 0.717) is 41.3 Å². The van der Waals surface area contributed by atoms with Crippen LogP contribution >= 0.6 is 22.7 Å². The summed E-state index contributed by atoms with van der Waals surface area (Å²) in [7, 11) is 0. The highest BCUT2D eigenvalue weighted by Crippen LogP contribution is 2.55. The average Bonchev–Trinajstić information content (AvgIpc) is 3.48. The summed E-state index contributed by atoms with van der Waals surface area (Å²) in [5, 5.41) is 24.2. The van der Waals surface area contributed by atoms with Crippen LogP contribution in [0.3, 0.4) is 0 Å². The Balaban J connectivity index is 1.61. The van der Waals surface area contributed by atoms with E-state index in [1.165, 1.54) is 0 Å². The molecule has 0 radical (unpaired) electrons. The van der Waals surface area contributed by atoms with Crippen LogP contribution in [-0.2, 0) is 4.79 Å². The molecule has 32 heavy (non-hydrogen) atoms. The number of anilines is 2. The number of rotatable bonds is 2. The highest BCUT2D eigenvalue weighted by atomic mass is 32.1. The number of hydrogen-bond donors (Lipinski definition) is 1. The molecular formula is C24H21N5OS2. The zero-order chi connectivity index (χ0) is 22.0. The molecule has 2 aromatic rings. The summed E-state index contributed by atoms with van der Waals surface area (Å²) in [6.07, 6.45) is 4.08. The Morgan fingerprint density at radius 3 is 2.62 bits per heavy atom. The summed E-state index contributed by atoms with van der Waals surface area (Å²) in [5.41, 5.74) is 10.5. The van der Waals surface area contributed by atoms with Crippen molar-refractivity contribution in [1.29, 1.82) is 10.5 Å². The molecule has 1 fully saturated rings. The molecule has 1 unspecified atom stereocenters. The third-order valence-corrected chi connectivity index (χ3v) is 9.34. The van der Waals surface area contributed by atoms with Gasteiger partial charge in [0.2, 0.25) is 0 Å². The normalized spacial score (nSPS) is 22.7. The lowest BCUT2D eigenvalue weighted by molar-refractivity contribution is -0.116. The van der Waals surface area contributed by atoms with Crippen molar-refractivity contribution in [2.45, 2.75) is 43.9 Å². The van der Waals surface area contributed by atoms with Gasteiger partial charge in [0.25, 0.3) is 0 Å². The molecule has 0 aromatic carbocycles. The molecule has 5 aliphatic rings. The fraction of sp³-hybridized carbons (Fsp3) is 0.375. The van der Waals surface area contributed by atoms with Crippen molar-refractivity contribution in [2.75, 3.05) is 22.9 Å². The van der Waals surface area contributed by atoms with E-state index in [4.69, 9.17) is 5.73 Å². The topological polar surface area (TPSA) is 97.2 Å². The van der Waals surface area contributed by atoms with Gasteiger partial charge >= 0.3 is 0 Å². The van der Waals surface area contributed by atoms with Crippen LogP contribution in [0.15, 0.2) is 40.2 Å². The zero-order valence-electron chi connectivity index (χ0n) is 17.4. The largest absolute Gasteiger partial charge is 0.384 e. The van der Waals surface area contributed by atoms with Gasteiger partial charge in [-0.2, -0.15) is 10.5 Å². The zero-order valence-corrected chi connectivity index (χ0v) is 19.1. The van der Waals surface area contributed by atoms with E-state index >= 15 is 0 Å². The third kappa shape index (κ3) is 2.57. The molecule has 2 bridgehead atoms. The predicted octanol–water partition coefficient (Wildman–Crippen LogP) is 4.68. The Kier molecular flexibility index (Phi) is 4.43. The second-order valence-electron chi connectivity index (χ2n) is 8.71. The van der Waals surface area contributed by atoms with Gasteiger partial charge in [-0.1, -0.05) is 17.4 Å². The lowest BCUT2D eigenvalue weighted by atomic mass is 9.78. The minimum Gasteiger partial charge on any atom is -0.384 e. The minimum absolute atomic E-state index is 0.0820. The van der Waals surface area contributed by atoms with Gasteiger partial charge in [0, 0.05) is 41.2 Å². The monoisotopic (exact) mass is 459 g/mol. The van der Waals surface area contributed by atoms with Gasteiger partial charge in [-0.05, 0) is 43.0 Å². The fourth-order valence-electron chi connectivity index (χ4n) is 5.73. The van der Waals surface area contributed by atoms with E-state index in [1.54, 1.807) is 22.7 Å². The Bertz CT molecular complexity index is 1280. The molecule has 4 aliphatic heterocycles. The molecule has 1 aliphatic carbocycles. The molecule has 2 N–H and O–H groups in total. The first-order valence-electron chi connectivity index (χ1n) is 10.9. The second kappa shape index (κ2) is 7.23. The number of thiophene rings is 2. The molecule has 0 saturated carbocycles. The van der Waals surface area contributed by atoms with Crippen LogP contribution in [0.1, 0.15) is 59.9 Å². The average molecular weight is 460 g/mol. The van der Waals surface area contributed by atoms with Gasteiger partial charge in [0.05, 0.1) is 28.1 Å². The summed E-state index contributed by atoms with van der Waals surface area (Å²) >= 11 is 3.13. The van der Waals surface area contributed by atoms with Crippen molar-refractivity contribution < 1.29 is 4.79 Å². The predicted molar refractivity (Wildman–Crippen MR) is 125 cm³/mol. The van der Waals surface area contributed by atoms with Crippen molar-refractivity contribution in [3.05, 3.63) is 56.2 Å². The summed E-state index contributed by atoms with van der Waals surface area (Å²) in [6.45, 7) is 2.04. The summed E-state index contributed by atoms with van der Waals surface area (Å²) in [4.78, 5) is 18.4. The lowest BCUT2D eigenvalue weighted by Gasteiger charge is -2.39. The van der Waals surface area contributed by atoms with Crippen LogP contribution in [-0.4, -0.2) is 18.9 Å². The van der Waals surface area contributed by atoms with Crippen LogP contribution < -0.4 is 15.5 Å².